The van der Waals surface area contributed by atoms with Crippen LogP contribution in [0.15, 0.2) is 0 Å². The zero-order valence-corrected chi connectivity index (χ0v) is 17.1. The maximum atomic E-state index is 11.9. The molecule has 0 N–H and O–H groups in total. The molecule has 0 aromatic rings. The van der Waals surface area contributed by atoms with Crippen molar-refractivity contribution >= 4 is 11.8 Å². The third-order valence-corrected chi connectivity index (χ3v) is 5.92. The van der Waals surface area contributed by atoms with Crippen molar-refractivity contribution in [3.8, 4) is 0 Å². The molecule has 1 atom stereocenters. The van der Waals surface area contributed by atoms with E-state index >= 15 is 0 Å². The second kappa shape index (κ2) is 10.9. The van der Waals surface area contributed by atoms with Gasteiger partial charge in [-0.1, -0.05) is 13.8 Å². The fourth-order valence-corrected chi connectivity index (χ4v) is 4.07. The van der Waals surface area contributed by atoms with E-state index in [9.17, 15) is 9.59 Å². The predicted octanol–water partition coefficient (Wildman–Crippen LogP) is 1.65. The summed E-state index contributed by atoms with van der Waals surface area (Å²) in [4.78, 5) is 33.0. The normalized spacial score (nSPS) is 22.0. The summed E-state index contributed by atoms with van der Waals surface area (Å²) in [6.45, 7) is 15.1. The number of hydrogen-bond acceptors (Lipinski definition) is 4. The van der Waals surface area contributed by atoms with Gasteiger partial charge in [0.05, 0.1) is 0 Å². The summed E-state index contributed by atoms with van der Waals surface area (Å²) >= 11 is 0. The fourth-order valence-electron chi connectivity index (χ4n) is 4.07. The molecule has 0 aromatic carbocycles. The second-order valence-corrected chi connectivity index (χ2v) is 7.69. The second-order valence-electron chi connectivity index (χ2n) is 7.69. The zero-order valence-electron chi connectivity index (χ0n) is 17.1. The highest BCUT2D eigenvalue weighted by molar-refractivity contribution is 5.76. The van der Waals surface area contributed by atoms with Crippen molar-refractivity contribution in [2.24, 2.45) is 0 Å². The lowest BCUT2D eigenvalue weighted by atomic mass is 10.2. The lowest BCUT2D eigenvalue weighted by molar-refractivity contribution is -0.131. The Morgan fingerprint density at radius 2 is 1.35 bits per heavy atom. The third-order valence-electron chi connectivity index (χ3n) is 5.92. The van der Waals surface area contributed by atoms with Crippen molar-refractivity contribution in [3.63, 3.8) is 0 Å². The van der Waals surface area contributed by atoms with E-state index in [2.05, 4.69) is 16.7 Å². The van der Waals surface area contributed by atoms with Crippen molar-refractivity contribution < 1.29 is 9.59 Å². The van der Waals surface area contributed by atoms with Gasteiger partial charge in [-0.15, -0.1) is 0 Å². The molecular formula is C20H38N4O2. The molecule has 0 unspecified atom stereocenters. The fraction of sp³-hybridized carbons (Fsp3) is 0.900. The number of carbonyl (C=O) groups excluding carboxylic acids is 2. The van der Waals surface area contributed by atoms with Crippen molar-refractivity contribution in [1.29, 1.82) is 0 Å². The minimum atomic E-state index is 0.287. The van der Waals surface area contributed by atoms with Gasteiger partial charge in [0.1, 0.15) is 0 Å². The molecule has 2 aliphatic rings. The van der Waals surface area contributed by atoms with E-state index in [1.807, 2.05) is 23.6 Å². The van der Waals surface area contributed by atoms with E-state index in [1.54, 1.807) is 0 Å². The molecule has 0 spiro atoms. The Morgan fingerprint density at radius 1 is 0.769 bits per heavy atom. The van der Waals surface area contributed by atoms with Gasteiger partial charge in [0, 0.05) is 64.7 Å². The number of hydrogen-bond donors (Lipinski definition) is 0. The molecule has 2 rings (SSSR count). The van der Waals surface area contributed by atoms with Crippen molar-refractivity contribution in [3.05, 3.63) is 0 Å². The molecule has 0 saturated carbocycles. The third kappa shape index (κ3) is 6.23. The van der Waals surface area contributed by atoms with Crippen molar-refractivity contribution in [2.75, 3.05) is 58.9 Å². The van der Waals surface area contributed by atoms with Crippen LogP contribution in [0.1, 0.15) is 52.9 Å². The van der Waals surface area contributed by atoms with Crippen LogP contribution in [-0.4, -0.2) is 96.4 Å². The zero-order chi connectivity index (χ0) is 18.9. The molecule has 6 nitrogen and oxygen atoms in total. The van der Waals surface area contributed by atoms with Gasteiger partial charge in [-0.25, -0.2) is 0 Å². The smallest absolute Gasteiger partial charge is 0.222 e. The van der Waals surface area contributed by atoms with E-state index in [-0.39, 0.29) is 11.8 Å². The van der Waals surface area contributed by atoms with E-state index in [1.165, 1.54) is 0 Å². The largest absolute Gasteiger partial charge is 0.341 e. The lowest BCUT2D eigenvalue weighted by Crippen LogP contribution is -2.40. The number of carbonyl (C=O) groups is 2. The molecule has 26 heavy (non-hydrogen) atoms. The molecule has 2 saturated heterocycles. The predicted molar refractivity (Wildman–Crippen MR) is 105 cm³/mol. The Labute approximate surface area is 159 Å². The topological polar surface area (TPSA) is 47.1 Å². The van der Waals surface area contributed by atoms with Gasteiger partial charge in [0.2, 0.25) is 11.8 Å². The Hall–Kier alpha value is -1.14. The number of nitrogens with zero attached hydrogens (tertiary/aromatic N) is 4. The number of rotatable bonds is 6. The summed E-state index contributed by atoms with van der Waals surface area (Å²) in [6, 6.07) is 0.545. The van der Waals surface area contributed by atoms with Crippen LogP contribution in [0, 0.1) is 0 Å². The molecule has 0 radical (unpaired) electrons. The Bertz CT molecular complexity index is 457. The summed E-state index contributed by atoms with van der Waals surface area (Å²) in [5.41, 5.74) is 0. The Balaban J connectivity index is 1.73. The van der Waals surface area contributed by atoms with Gasteiger partial charge in [0.15, 0.2) is 0 Å². The van der Waals surface area contributed by atoms with E-state index in [0.717, 1.165) is 78.2 Å². The van der Waals surface area contributed by atoms with Crippen LogP contribution < -0.4 is 0 Å². The van der Waals surface area contributed by atoms with E-state index in [4.69, 9.17) is 0 Å². The molecule has 2 aliphatic heterocycles. The molecule has 2 fully saturated rings. The van der Waals surface area contributed by atoms with Crippen LogP contribution in [0.4, 0.5) is 0 Å². The minimum absolute atomic E-state index is 0.287. The monoisotopic (exact) mass is 366 g/mol. The number of amides is 2. The van der Waals surface area contributed by atoms with Gasteiger partial charge in [-0.2, -0.15) is 0 Å². The molecule has 2 heterocycles. The van der Waals surface area contributed by atoms with Crippen LogP contribution in [0.2, 0.25) is 0 Å². The van der Waals surface area contributed by atoms with Gasteiger partial charge < -0.3 is 14.7 Å². The van der Waals surface area contributed by atoms with Crippen LogP contribution in [0.3, 0.4) is 0 Å². The maximum absolute atomic E-state index is 11.9. The highest BCUT2D eigenvalue weighted by Crippen LogP contribution is 2.12. The SMILES string of the molecule is CCC(=O)N1CCCN(CC[C@H](C)N2CCCN(C(=O)CC)CC2)CC1. The van der Waals surface area contributed by atoms with Crippen molar-refractivity contribution in [2.45, 2.75) is 58.9 Å². The van der Waals surface area contributed by atoms with Crippen LogP contribution >= 0.6 is 0 Å². The molecule has 150 valence electrons. The first-order valence-corrected chi connectivity index (χ1v) is 10.6. The molecule has 0 aromatic heterocycles. The summed E-state index contributed by atoms with van der Waals surface area (Å²) in [6.07, 6.45) is 4.54. The first-order chi connectivity index (χ1) is 12.5. The van der Waals surface area contributed by atoms with Gasteiger partial charge in [-0.05, 0) is 39.3 Å². The van der Waals surface area contributed by atoms with Crippen molar-refractivity contribution in [1.82, 2.24) is 19.6 Å². The highest BCUT2D eigenvalue weighted by Gasteiger charge is 2.22. The van der Waals surface area contributed by atoms with Crippen LogP contribution in [0.5, 0.6) is 0 Å². The van der Waals surface area contributed by atoms with E-state index in [0.29, 0.717) is 18.9 Å². The average Bonchev–Trinajstić information content (AvgIpc) is 3.05. The molecule has 2 amide bonds. The molecule has 6 heteroatoms. The van der Waals surface area contributed by atoms with Crippen LogP contribution in [-0.2, 0) is 9.59 Å². The highest BCUT2D eigenvalue weighted by atomic mass is 16.2. The lowest BCUT2D eigenvalue weighted by Gasteiger charge is -2.30. The summed E-state index contributed by atoms with van der Waals surface area (Å²) in [7, 11) is 0. The quantitative estimate of drug-likeness (QED) is 0.717. The van der Waals surface area contributed by atoms with Gasteiger partial charge in [0.25, 0.3) is 0 Å². The van der Waals surface area contributed by atoms with Crippen LogP contribution in [0.25, 0.3) is 0 Å². The first kappa shape index (κ1) is 21.2. The molecule has 0 bridgehead atoms. The summed E-state index contributed by atoms with van der Waals surface area (Å²) in [5, 5.41) is 0. The molecular weight excluding hydrogens is 328 g/mol. The first-order valence-electron chi connectivity index (χ1n) is 10.6. The van der Waals surface area contributed by atoms with E-state index < -0.39 is 0 Å². The maximum Gasteiger partial charge on any atom is 0.222 e. The summed E-state index contributed by atoms with van der Waals surface area (Å²) < 4.78 is 0. The average molecular weight is 367 g/mol. The van der Waals surface area contributed by atoms with Gasteiger partial charge in [-0.3, -0.25) is 14.5 Å². The standard InChI is InChI=1S/C20H38N4O2/c1-4-19(25)23-11-6-9-21(14-15-23)13-8-18(3)22-10-7-12-24(17-16-22)20(26)5-2/h18H,4-17H2,1-3H3/t18-/m0/s1. The Kier molecular flexibility index (Phi) is 8.85. The summed E-state index contributed by atoms with van der Waals surface area (Å²) in [5.74, 6) is 0.575. The minimum Gasteiger partial charge on any atom is -0.341 e. The van der Waals surface area contributed by atoms with Gasteiger partial charge >= 0.3 is 0 Å². The Morgan fingerprint density at radius 3 is 1.96 bits per heavy atom. The molecule has 0 aliphatic carbocycles.